The van der Waals surface area contributed by atoms with E-state index in [0.29, 0.717) is 0 Å². The second-order valence-corrected chi connectivity index (χ2v) is 5.22. The molecule has 1 fully saturated rings. The van der Waals surface area contributed by atoms with Crippen LogP contribution in [0.2, 0.25) is 0 Å². The Bertz CT molecular complexity index is 485. The summed E-state index contributed by atoms with van der Waals surface area (Å²) in [5.74, 6) is -1.01. The Labute approximate surface area is 116 Å². The maximum absolute atomic E-state index is 12.2. The Kier molecular flexibility index (Phi) is 3.65. The third-order valence-corrected chi connectivity index (χ3v) is 2.95. The maximum Gasteiger partial charge on any atom is 0.417 e. The molecule has 1 N–H and O–H groups in total. The fourth-order valence-electron chi connectivity index (χ4n) is 2.05. The smallest absolute Gasteiger partial charge is 0.417 e. The van der Waals surface area contributed by atoms with Gasteiger partial charge in [-0.1, -0.05) is 0 Å². The summed E-state index contributed by atoms with van der Waals surface area (Å²) in [6.45, 7) is 5.55. The van der Waals surface area contributed by atoms with Crippen LogP contribution >= 0.6 is 0 Å². The van der Waals surface area contributed by atoms with Crippen LogP contribution in [0.4, 0.5) is 4.79 Å². The van der Waals surface area contributed by atoms with Crippen LogP contribution in [0.3, 0.4) is 0 Å². The molecule has 8 heteroatoms. The average Bonchev–Trinajstić information content (AvgIpc) is 2.93. The molecule has 2 aliphatic rings. The summed E-state index contributed by atoms with van der Waals surface area (Å²) in [5, 5.41) is 3.78. The monoisotopic (exact) mass is 283 g/mol. The quantitative estimate of drug-likeness (QED) is 0.734. The van der Waals surface area contributed by atoms with Crippen molar-refractivity contribution in [1.82, 2.24) is 10.3 Å². The Morgan fingerprint density at radius 1 is 1.55 bits per heavy atom. The van der Waals surface area contributed by atoms with Crippen LogP contribution < -0.4 is 5.43 Å². The highest BCUT2D eigenvalue weighted by atomic mass is 16.6. The van der Waals surface area contributed by atoms with Gasteiger partial charge in [-0.3, -0.25) is 10.2 Å². The highest BCUT2D eigenvalue weighted by Crippen LogP contribution is 2.23. The van der Waals surface area contributed by atoms with Crippen LogP contribution in [-0.4, -0.2) is 53.4 Å². The van der Waals surface area contributed by atoms with E-state index in [9.17, 15) is 14.4 Å². The lowest BCUT2D eigenvalue weighted by Gasteiger charge is -2.17. The molecule has 1 unspecified atom stereocenters. The molecule has 0 aromatic rings. The Morgan fingerprint density at radius 3 is 2.80 bits per heavy atom. The van der Waals surface area contributed by atoms with E-state index in [1.807, 2.05) is 0 Å². The molecule has 0 aromatic carbocycles. The second-order valence-electron chi connectivity index (χ2n) is 5.22. The van der Waals surface area contributed by atoms with Gasteiger partial charge in [0.15, 0.2) is 0 Å². The van der Waals surface area contributed by atoms with Crippen LogP contribution in [0.25, 0.3) is 0 Å². The molecule has 0 bridgehead atoms. The average molecular weight is 283 g/mol. The summed E-state index contributed by atoms with van der Waals surface area (Å²) in [7, 11) is 0. The van der Waals surface area contributed by atoms with Gasteiger partial charge < -0.3 is 9.47 Å². The molecule has 20 heavy (non-hydrogen) atoms. The third kappa shape index (κ3) is 2.73. The van der Waals surface area contributed by atoms with Gasteiger partial charge >= 0.3 is 12.1 Å². The zero-order chi connectivity index (χ0) is 14.9. The van der Waals surface area contributed by atoms with Gasteiger partial charge in [-0.2, -0.15) is 5.10 Å². The molecule has 2 heterocycles. The van der Waals surface area contributed by atoms with Crippen molar-refractivity contribution in [1.29, 1.82) is 0 Å². The number of hydrazone groups is 1. The molecule has 0 aromatic heterocycles. The number of esters is 1. The lowest BCUT2D eigenvalue weighted by Crippen LogP contribution is -2.44. The van der Waals surface area contributed by atoms with Crippen molar-refractivity contribution in [3.05, 3.63) is 0 Å². The first-order valence-corrected chi connectivity index (χ1v) is 6.37. The van der Waals surface area contributed by atoms with Gasteiger partial charge in [0.25, 0.3) is 5.91 Å². The topological polar surface area (TPSA) is 97.3 Å². The van der Waals surface area contributed by atoms with Gasteiger partial charge in [-0.25, -0.2) is 14.5 Å². The summed E-state index contributed by atoms with van der Waals surface area (Å²) < 4.78 is 9.87. The first-order valence-electron chi connectivity index (χ1n) is 6.37. The molecular weight excluding hydrogens is 266 g/mol. The number of ether oxygens (including phenoxy) is 2. The molecule has 0 aliphatic carbocycles. The highest BCUT2D eigenvalue weighted by molar-refractivity contribution is 6.37. The van der Waals surface area contributed by atoms with Crippen LogP contribution in [0, 0.1) is 0 Å². The SMILES string of the molecule is CCOC(=O)C1=NNC(C(=O)N2CC(C)(C)OC2=O)C1. The lowest BCUT2D eigenvalue weighted by molar-refractivity contribution is -0.135. The van der Waals surface area contributed by atoms with Crippen LogP contribution in [-0.2, 0) is 19.1 Å². The van der Waals surface area contributed by atoms with E-state index < -0.39 is 29.6 Å². The third-order valence-electron chi connectivity index (χ3n) is 2.95. The Hall–Kier alpha value is -2.12. The minimum atomic E-state index is -0.740. The first-order chi connectivity index (χ1) is 9.34. The van der Waals surface area contributed by atoms with Crippen LogP contribution in [0.1, 0.15) is 27.2 Å². The molecule has 2 rings (SSSR count). The largest absolute Gasteiger partial charge is 0.461 e. The molecule has 2 amide bonds. The van der Waals surface area contributed by atoms with E-state index in [0.717, 1.165) is 4.90 Å². The van der Waals surface area contributed by atoms with E-state index in [4.69, 9.17) is 9.47 Å². The van der Waals surface area contributed by atoms with E-state index in [2.05, 4.69) is 10.5 Å². The van der Waals surface area contributed by atoms with Crippen molar-refractivity contribution >= 4 is 23.7 Å². The summed E-state index contributed by atoms with van der Waals surface area (Å²) >= 11 is 0. The molecule has 0 saturated carbocycles. The minimum Gasteiger partial charge on any atom is -0.461 e. The number of rotatable bonds is 3. The maximum atomic E-state index is 12.2. The predicted octanol–water partition coefficient (Wildman–Crippen LogP) is 0.0248. The number of carbonyl (C=O) groups excluding carboxylic acids is 3. The van der Waals surface area contributed by atoms with E-state index in [1.54, 1.807) is 20.8 Å². The standard InChI is InChI=1S/C12H17N3O5/c1-4-19-10(17)8-5-7(13-14-8)9(16)15-6-12(2,3)20-11(15)18/h7,13H,4-6H2,1-3H3. The molecule has 1 atom stereocenters. The Morgan fingerprint density at radius 2 is 2.25 bits per heavy atom. The van der Waals surface area contributed by atoms with Crippen molar-refractivity contribution in [2.45, 2.75) is 38.8 Å². The van der Waals surface area contributed by atoms with Gasteiger partial charge in [0.1, 0.15) is 17.4 Å². The lowest BCUT2D eigenvalue weighted by atomic mass is 10.1. The molecule has 8 nitrogen and oxygen atoms in total. The van der Waals surface area contributed by atoms with Crippen molar-refractivity contribution < 1.29 is 23.9 Å². The summed E-state index contributed by atoms with van der Waals surface area (Å²) in [5.41, 5.74) is 2.01. The molecule has 1 saturated heterocycles. The number of nitrogens with zero attached hydrogens (tertiary/aromatic N) is 2. The van der Waals surface area contributed by atoms with E-state index in [1.165, 1.54) is 0 Å². The number of imide groups is 1. The van der Waals surface area contributed by atoms with Crippen molar-refractivity contribution in [3.63, 3.8) is 0 Å². The molecule has 110 valence electrons. The highest BCUT2D eigenvalue weighted by Gasteiger charge is 2.44. The minimum absolute atomic E-state index is 0.0991. The van der Waals surface area contributed by atoms with Gasteiger partial charge in [0, 0.05) is 6.42 Å². The fraction of sp³-hybridized carbons (Fsp3) is 0.667. The van der Waals surface area contributed by atoms with Gasteiger partial charge in [-0.05, 0) is 20.8 Å². The van der Waals surface area contributed by atoms with Crippen LogP contribution in [0.5, 0.6) is 0 Å². The zero-order valence-electron chi connectivity index (χ0n) is 11.6. The number of amides is 2. The number of carbonyl (C=O) groups is 3. The van der Waals surface area contributed by atoms with Crippen LogP contribution in [0.15, 0.2) is 5.10 Å². The molecule has 0 spiro atoms. The van der Waals surface area contributed by atoms with Gasteiger partial charge in [0.05, 0.1) is 13.2 Å². The second kappa shape index (κ2) is 5.10. The van der Waals surface area contributed by atoms with Crippen molar-refractivity contribution in [2.24, 2.45) is 5.10 Å². The number of hydrogen-bond donors (Lipinski definition) is 1. The van der Waals surface area contributed by atoms with E-state index >= 15 is 0 Å². The predicted molar refractivity (Wildman–Crippen MR) is 67.9 cm³/mol. The number of cyclic esters (lactones) is 1. The number of nitrogens with one attached hydrogen (secondary N) is 1. The van der Waals surface area contributed by atoms with Gasteiger partial charge in [-0.15, -0.1) is 0 Å². The first kappa shape index (κ1) is 14.3. The zero-order valence-corrected chi connectivity index (χ0v) is 11.6. The van der Waals surface area contributed by atoms with Crippen molar-refractivity contribution in [2.75, 3.05) is 13.2 Å². The summed E-state index contributed by atoms with van der Waals surface area (Å²) in [6.07, 6.45) is -0.576. The fourth-order valence-corrected chi connectivity index (χ4v) is 2.05. The van der Waals surface area contributed by atoms with Gasteiger partial charge in [0.2, 0.25) is 0 Å². The Balaban J connectivity index is 1.97. The summed E-state index contributed by atoms with van der Waals surface area (Å²) in [6, 6.07) is -0.740. The number of hydrogen-bond acceptors (Lipinski definition) is 7. The normalized spacial score (nSPS) is 23.9. The van der Waals surface area contributed by atoms with Crippen molar-refractivity contribution in [3.8, 4) is 0 Å². The molecule has 2 aliphatic heterocycles. The summed E-state index contributed by atoms with van der Waals surface area (Å²) in [4.78, 5) is 36.4. The molecule has 0 radical (unpaired) electrons. The molecular formula is C12H17N3O5. The van der Waals surface area contributed by atoms with E-state index in [-0.39, 0.29) is 25.3 Å².